The molecule has 0 aromatic heterocycles. The summed E-state index contributed by atoms with van der Waals surface area (Å²) in [5, 5.41) is 15.9. The lowest BCUT2D eigenvalue weighted by atomic mass is 10.1. The highest BCUT2D eigenvalue weighted by atomic mass is 16.4. The van der Waals surface area contributed by atoms with Gasteiger partial charge >= 0.3 is 5.97 Å². The normalized spacial score (nSPS) is 13.7. The Balaban J connectivity index is 4.76. The van der Waals surface area contributed by atoms with Gasteiger partial charge in [-0.1, -0.05) is 0 Å². The number of amides is 3. The minimum atomic E-state index is -1.21. The Labute approximate surface area is 150 Å². The molecule has 12 heteroatoms. The summed E-state index contributed by atoms with van der Waals surface area (Å²) < 4.78 is 0. The number of nitrogens with one attached hydrogen (secondary N) is 3. The summed E-state index contributed by atoms with van der Waals surface area (Å²) in [5.41, 5.74) is 15.8. The predicted octanol–water partition coefficient (Wildman–Crippen LogP) is -3.42. The van der Waals surface area contributed by atoms with Gasteiger partial charge in [-0.3, -0.25) is 24.2 Å². The number of nitrogens with zero attached hydrogens (tertiary/aromatic N) is 1. The molecule has 26 heavy (non-hydrogen) atoms. The lowest BCUT2D eigenvalue weighted by Gasteiger charge is -2.20. The van der Waals surface area contributed by atoms with Crippen LogP contribution >= 0.6 is 0 Å². The van der Waals surface area contributed by atoms with Crippen molar-refractivity contribution in [3.8, 4) is 0 Å². The summed E-state index contributed by atoms with van der Waals surface area (Å²) in [7, 11) is 0. The van der Waals surface area contributed by atoms with Gasteiger partial charge < -0.3 is 38.3 Å². The van der Waals surface area contributed by atoms with Gasteiger partial charge in [-0.2, -0.15) is 0 Å². The van der Waals surface area contributed by atoms with Crippen LogP contribution in [0.3, 0.4) is 0 Å². The van der Waals surface area contributed by atoms with Gasteiger partial charge in [0.05, 0.1) is 12.6 Å². The molecule has 12 nitrogen and oxygen atoms in total. The second-order valence-electron chi connectivity index (χ2n) is 5.64. The highest BCUT2D eigenvalue weighted by Gasteiger charge is 2.24. The van der Waals surface area contributed by atoms with Crippen LogP contribution in [0.2, 0.25) is 0 Å². The van der Waals surface area contributed by atoms with Crippen molar-refractivity contribution in [2.45, 2.75) is 44.8 Å². The molecular formula is C14H27N7O5. The summed E-state index contributed by atoms with van der Waals surface area (Å²) in [4.78, 5) is 50.1. The van der Waals surface area contributed by atoms with Crippen molar-refractivity contribution in [2.24, 2.45) is 22.2 Å². The summed E-state index contributed by atoms with van der Waals surface area (Å²) in [6.07, 6.45) is 0.534. The summed E-state index contributed by atoms with van der Waals surface area (Å²) in [5.74, 6) is -3.13. The third kappa shape index (κ3) is 10.1. The van der Waals surface area contributed by atoms with E-state index in [-0.39, 0.29) is 25.5 Å². The number of rotatable bonds is 11. The van der Waals surface area contributed by atoms with Crippen LogP contribution in [0.15, 0.2) is 4.99 Å². The average molecular weight is 373 g/mol. The van der Waals surface area contributed by atoms with Gasteiger partial charge in [0.25, 0.3) is 0 Å². The first kappa shape index (κ1) is 23.1. The number of guanidine groups is 1. The quantitative estimate of drug-likeness (QED) is 0.110. The van der Waals surface area contributed by atoms with Gasteiger partial charge in [0.2, 0.25) is 17.7 Å². The smallest absolute Gasteiger partial charge is 0.325 e. The molecule has 0 saturated carbocycles. The molecule has 0 heterocycles. The molecule has 0 saturated heterocycles. The average Bonchev–Trinajstić information content (AvgIpc) is 2.54. The van der Waals surface area contributed by atoms with Crippen LogP contribution in [0.4, 0.5) is 0 Å². The van der Waals surface area contributed by atoms with E-state index in [1.54, 1.807) is 0 Å². The van der Waals surface area contributed by atoms with Gasteiger partial charge in [0, 0.05) is 6.54 Å². The monoisotopic (exact) mass is 373 g/mol. The van der Waals surface area contributed by atoms with E-state index in [2.05, 4.69) is 20.9 Å². The van der Waals surface area contributed by atoms with Gasteiger partial charge in [0.1, 0.15) is 12.1 Å². The number of carboxylic acids is 1. The van der Waals surface area contributed by atoms with E-state index < -0.39 is 41.8 Å². The fourth-order valence-corrected chi connectivity index (χ4v) is 1.72. The highest BCUT2D eigenvalue weighted by molar-refractivity contribution is 5.92. The molecule has 148 valence electrons. The first-order valence-electron chi connectivity index (χ1n) is 7.95. The molecule has 0 spiro atoms. The van der Waals surface area contributed by atoms with Gasteiger partial charge in [-0.05, 0) is 26.7 Å². The first-order valence-corrected chi connectivity index (χ1v) is 7.95. The van der Waals surface area contributed by atoms with Gasteiger partial charge in [-0.25, -0.2) is 0 Å². The Morgan fingerprint density at radius 2 is 1.69 bits per heavy atom. The molecule has 0 rings (SSSR count). The molecule has 10 N–H and O–H groups in total. The first-order chi connectivity index (χ1) is 12.0. The molecule has 0 aliphatic rings. The largest absolute Gasteiger partial charge is 0.480 e. The molecule has 0 radical (unpaired) electrons. The summed E-state index contributed by atoms with van der Waals surface area (Å²) in [6.45, 7) is 2.62. The standard InChI is InChI=1S/C14H27N7O5/c1-7(15)11(23)19-6-10(22)21-9(4-3-5-18-14(16)17)12(24)20-8(2)13(25)26/h7-9H,3-6,15H2,1-2H3,(H,19,23)(H,20,24)(H,21,22)(H,25,26)(H4,16,17,18). The molecule has 0 aromatic carbocycles. The Hall–Kier alpha value is -2.89. The van der Waals surface area contributed by atoms with Crippen LogP contribution < -0.4 is 33.2 Å². The van der Waals surface area contributed by atoms with Gasteiger partial charge in [-0.15, -0.1) is 0 Å². The lowest BCUT2D eigenvalue weighted by molar-refractivity contribution is -0.141. The number of hydrogen-bond donors (Lipinski definition) is 7. The zero-order valence-electron chi connectivity index (χ0n) is 14.8. The lowest BCUT2D eigenvalue weighted by Crippen LogP contribution is -2.53. The number of carbonyl (C=O) groups excluding carboxylic acids is 3. The summed E-state index contributed by atoms with van der Waals surface area (Å²) >= 11 is 0. The van der Waals surface area contributed by atoms with Crippen LogP contribution in [0.1, 0.15) is 26.7 Å². The van der Waals surface area contributed by atoms with Crippen molar-refractivity contribution in [2.75, 3.05) is 13.1 Å². The third-order valence-electron chi connectivity index (χ3n) is 3.16. The molecule has 3 amide bonds. The minimum absolute atomic E-state index is 0.104. The maximum atomic E-state index is 12.2. The van der Waals surface area contributed by atoms with Crippen molar-refractivity contribution < 1.29 is 24.3 Å². The van der Waals surface area contributed by atoms with Crippen LogP contribution in [-0.2, 0) is 19.2 Å². The van der Waals surface area contributed by atoms with E-state index in [4.69, 9.17) is 22.3 Å². The van der Waals surface area contributed by atoms with Crippen LogP contribution in [0.5, 0.6) is 0 Å². The second-order valence-corrected chi connectivity index (χ2v) is 5.64. The zero-order chi connectivity index (χ0) is 20.3. The molecule has 0 aliphatic heterocycles. The van der Waals surface area contributed by atoms with E-state index in [9.17, 15) is 19.2 Å². The summed E-state index contributed by atoms with van der Waals surface area (Å²) in [6, 6.07) is -2.92. The van der Waals surface area contributed by atoms with Crippen molar-refractivity contribution in [3.05, 3.63) is 0 Å². The molecule has 0 aliphatic carbocycles. The van der Waals surface area contributed by atoms with Crippen LogP contribution in [-0.4, -0.2) is 66.0 Å². The SMILES string of the molecule is CC(N)C(=O)NCC(=O)NC(CCCN=C(N)N)C(=O)NC(C)C(=O)O. The van der Waals surface area contributed by atoms with Crippen molar-refractivity contribution >= 4 is 29.7 Å². The van der Waals surface area contributed by atoms with Gasteiger partial charge in [0.15, 0.2) is 5.96 Å². The molecular weight excluding hydrogens is 346 g/mol. The van der Waals surface area contributed by atoms with E-state index >= 15 is 0 Å². The van der Waals surface area contributed by atoms with E-state index in [1.807, 2.05) is 0 Å². The number of aliphatic carboxylic acids is 1. The van der Waals surface area contributed by atoms with Crippen molar-refractivity contribution in [1.29, 1.82) is 0 Å². The Morgan fingerprint density at radius 3 is 2.19 bits per heavy atom. The Morgan fingerprint density at radius 1 is 1.08 bits per heavy atom. The maximum absolute atomic E-state index is 12.2. The fourth-order valence-electron chi connectivity index (χ4n) is 1.72. The Bertz CT molecular complexity index is 546. The number of carbonyl (C=O) groups is 4. The van der Waals surface area contributed by atoms with Crippen LogP contribution in [0, 0.1) is 0 Å². The molecule has 3 unspecified atom stereocenters. The number of aliphatic imine (C=N–C) groups is 1. The third-order valence-corrected chi connectivity index (χ3v) is 3.16. The fraction of sp³-hybridized carbons (Fsp3) is 0.643. The van der Waals surface area contributed by atoms with E-state index in [1.165, 1.54) is 13.8 Å². The number of carboxylic acid groups (broad SMARTS) is 1. The second kappa shape index (κ2) is 11.6. The topological polar surface area (TPSA) is 215 Å². The molecule has 0 fully saturated rings. The Kier molecular flexibility index (Phi) is 10.3. The minimum Gasteiger partial charge on any atom is -0.480 e. The van der Waals surface area contributed by atoms with Crippen molar-refractivity contribution in [1.82, 2.24) is 16.0 Å². The zero-order valence-corrected chi connectivity index (χ0v) is 14.8. The van der Waals surface area contributed by atoms with Crippen molar-refractivity contribution in [3.63, 3.8) is 0 Å². The maximum Gasteiger partial charge on any atom is 0.325 e. The number of hydrogen-bond acceptors (Lipinski definition) is 6. The molecule has 3 atom stereocenters. The molecule has 0 bridgehead atoms. The van der Waals surface area contributed by atoms with Crippen LogP contribution in [0.25, 0.3) is 0 Å². The highest BCUT2D eigenvalue weighted by Crippen LogP contribution is 2.00. The predicted molar refractivity (Wildman–Crippen MR) is 93.7 cm³/mol. The number of nitrogens with two attached hydrogens (primary N) is 3. The van der Waals surface area contributed by atoms with E-state index in [0.717, 1.165) is 0 Å². The molecule has 0 aromatic rings. The van der Waals surface area contributed by atoms with E-state index in [0.29, 0.717) is 6.42 Å².